The first-order chi connectivity index (χ1) is 8.45. The molecule has 2 aromatic heterocycles. The largest absolute Gasteiger partial charge is 1.00 e. The summed E-state index contributed by atoms with van der Waals surface area (Å²) in [6.07, 6.45) is 12.3. The fourth-order valence-corrected chi connectivity index (χ4v) is 1.93. The fourth-order valence-electron chi connectivity index (χ4n) is 1.93. The minimum absolute atomic E-state index is 0. The molecule has 0 amide bonds. The zero-order valence-corrected chi connectivity index (χ0v) is 15.3. The van der Waals surface area contributed by atoms with Gasteiger partial charge >= 0.3 is 0 Å². The van der Waals surface area contributed by atoms with Gasteiger partial charge in [-0.3, -0.25) is 0 Å². The van der Waals surface area contributed by atoms with Crippen LogP contribution >= 0.6 is 0 Å². The first-order valence-electron chi connectivity index (χ1n) is 6.33. The van der Waals surface area contributed by atoms with Crippen LogP contribution in [0.5, 0.6) is 0 Å². The number of hydrogen-bond acceptors (Lipinski definition) is 0. The molecular weight excluding hydrogens is 462 g/mol. The van der Waals surface area contributed by atoms with Gasteiger partial charge in [-0.15, -0.1) is 0 Å². The van der Waals surface area contributed by atoms with E-state index in [2.05, 4.69) is 70.3 Å². The number of pyridine rings is 2. The summed E-state index contributed by atoms with van der Waals surface area (Å²) in [6.45, 7) is 2.25. The van der Waals surface area contributed by atoms with E-state index < -0.39 is 0 Å². The Morgan fingerprint density at radius 1 is 0.474 bits per heavy atom. The maximum atomic E-state index is 2.25. The predicted octanol–water partition coefficient (Wildman–Crippen LogP) is -3.86. The molecule has 2 nitrogen and oxygen atoms in total. The van der Waals surface area contributed by atoms with Crippen molar-refractivity contribution in [3.05, 3.63) is 61.2 Å². The highest BCUT2D eigenvalue weighted by molar-refractivity contribution is 4.84. The van der Waals surface area contributed by atoms with E-state index in [0.29, 0.717) is 0 Å². The maximum Gasteiger partial charge on any atom is 0.168 e. The van der Waals surface area contributed by atoms with Crippen molar-refractivity contribution in [3.63, 3.8) is 0 Å². The molecule has 0 saturated carbocycles. The van der Waals surface area contributed by atoms with E-state index >= 15 is 0 Å². The van der Waals surface area contributed by atoms with E-state index in [1.165, 1.54) is 19.3 Å². The van der Waals surface area contributed by atoms with Crippen LogP contribution in [0.2, 0.25) is 0 Å². The summed E-state index contributed by atoms with van der Waals surface area (Å²) in [5, 5.41) is 0. The fraction of sp³-hybridized carbons (Fsp3) is 0.333. The van der Waals surface area contributed by atoms with Gasteiger partial charge in [0.05, 0.1) is 0 Å². The molecule has 0 aliphatic heterocycles. The molecule has 19 heavy (non-hydrogen) atoms. The number of halogens is 2. The maximum absolute atomic E-state index is 2.25. The third-order valence-corrected chi connectivity index (χ3v) is 2.89. The molecule has 0 spiro atoms. The van der Waals surface area contributed by atoms with Crippen LogP contribution in [0.4, 0.5) is 0 Å². The lowest BCUT2D eigenvalue weighted by Crippen LogP contribution is -3.00. The first kappa shape index (κ1) is 18.8. The van der Waals surface area contributed by atoms with Crippen molar-refractivity contribution in [2.75, 3.05) is 0 Å². The molecule has 0 fully saturated rings. The normalized spacial score (nSPS) is 9.26. The van der Waals surface area contributed by atoms with Crippen LogP contribution in [-0.2, 0) is 13.1 Å². The van der Waals surface area contributed by atoms with E-state index in [0.717, 1.165) is 13.1 Å². The van der Waals surface area contributed by atoms with Crippen molar-refractivity contribution in [2.45, 2.75) is 32.4 Å². The molecule has 0 radical (unpaired) electrons. The Morgan fingerprint density at radius 3 is 1.21 bits per heavy atom. The predicted molar refractivity (Wildman–Crippen MR) is 67.1 cm³/mol. The van der Waals surface area contributed by atoms with E-state index in [9.17, 15) is 0 Å². The molecule has 0 aliphatic carbocycles. The van der Waals surface area contributed by atoms with Crippen LogP contribution in [-0.4, -0.2) is 0 Å². The first-order valence-corrected chi connectivity index (χ1v) is 6.33. The van der Waals surface area contributed by atoms with Gasteiger partial charge in [0.15, 0.2) is 24.8 Å². The van der Waals surface area contributed by atoms with Gasteiger partial charge in [0.2, 0.25) is 0 Å². The molecule has 0 aromatic carbocycles. The van der Waals surface area contributed by atoms with E-state index in [1.54, 1.807) is 0 Å². The van der Waals surface area contributed by atoms with Crippen LogP contribution in [0.15, 0.2) is 61.2 Å². The second-order valence-electron chi connectivity index (χ2n) is 4.29. The number of rotatable bonds is 6. The van der Waals surface area contributed by atoms with Crippen LogP contribution < -0.4 is 57.1 Å². The van der Waals surface area contributed by atoms with Crippen molar-refractivity contribution in [3.8, 4) is 0 Å². The topological polar surface area (TPSA) is 7.76 Å². The van der Waals surface area contributed by atoms with Gasteiger partial charge in [-0.1, -0.05) is 12.1 Å². The third-order valence-electron chi connectivity index (χ3n) is 2.89. The number of aryl methyl sites for hydroxylation is 2. The van der Waals surface area contributed by atoms with E-state index in [4.69, 9.17) is 0 Å². The van der Waals surface area contributed by atoms with Crippen LogP contribution in [0.25, 0.3) is 0 Å². The average molecular weight is 482 g/mol. The molecule has 4 heteroatoms. The molecule has 2 heterocycles. The van der Waals surface area contributed by atoms with Gasteiger partial charge in [-0.05, 0) is 6.42 Å². The molecule has 2 aromatic rings. The van der Waals surface area contributed by atoms with Gasteiger partial charge < -0.3 is 48.0 Å². The molecule has 0 aliphatic rings. The lowest BCUT2D eigenvalue weighted by Gasteiger charge is -1.97. The van der Waals surface area contributed by atoms with Gasteiger partial charge in [0.25, 0.3) is 0 Å². The Balaban J connectivity index is 0.00000162. The Kier molecular flexibility index (Phi) is 11.4. The average Bonchev–Trinajstić information content (AvgIpc) is 2.41. The van der Waals surface area contributed by atoms with Crippen LogP contribution in [0, 0.1) is 0 Å². The number of hydrogen-bond donors (Lipinski definition) is 0. The lowest BCUT2D eigenvalue weighted by molar-refractivity contribution is -0.701. The molecular formula is C15H20I2N2. The summed E-state index contributed by atoms with van der Waals surface area (Å²) in [4.78, 5) is 0. The van der Waals surface area contributed by atoms with Crippen molar-refractivity contribution in [1.82, 2.24) is 0 Å². The summed E-state index contributed by atoms with van der Waals surface area (Å²) in [7, 11) is 0. The number of nitrogens with zero attached hydrogens (tertiary/aromatic N) is 2. The monoisotopic (exact) mass is 482 g/mol. The summed E-state index contributed by atoms with van der Waals surface area (Å²) < 4.78 is 4.49. The molecule has 0 N–H and O–H groups in total. The smallest absolute Gasteiger partial charge is 0.168 e. The highest BCUT2D eigenvalue weighted by atomic mass is 127. The third kappa shape index (κ3) is 7.81. The molecule has 0 bridgehead atoms. The SMILES string of the molecule is [I-].[I-].c1cc[n+](CCCCC[n+]2ccccc2)cc1. The summed E-state index contributed by atoms with van der Waals surface area (Å²) in [5.74, 6) is 0. The number of aromatic nitrogens is 2. The Morgan fingerprint density at radius 2 is 0.842 bits per heavy atom. The Labute approximate surface area is 149 Å². The van der Waals surface area contributed by atoms with Crippen molar-refractivity contribution in [1.29, 1.82) is 0 Å². The minimum atomic E-state index is 0. The van der Waals surface area contributed by atoms with Crippen molar-refractivity contribution in [2.24, 2.45) is 0 Å². The molecule has 0 unspecified atom stereocenters. The van der Waals surface area contributed by atoms with E-state index in [-0.39, 0.29) is 48.0 Å². The van der Waals surface area contributed by atoms with Gasteiger partial charge in [0.1, 0.15) is 13.1 Å². The Bertz CT molecular complexity index is 379. The zero-order chi connectivity index (χ0) is 11.8. The summed E-state index contributed by atoms with van der Waals surface area (Å²) >= 11 is 0. The molecule has 0 saturated heterocycles. The van der Waals surface area contributed by atoms with Gasteiger partial charge in [0, 0.05) is 37.1 Å². The molecule has 2 rings (SSSR count). The van der Waals surface area contributed by atoms with Crippen molar-refractivity contribution >= 4 is 0 Å². The van der Waals surface area contributed by atoms with Crippen LogP contribution in [0.3, 0.4) is 0 Å². The quantitative estimate of drug-likeness (QED) is 0.227. The van der Waals surface area contributed by atoms with Crippen molar-refractivity contribution < 1.29 is 57.1 Å². The minimum Gasteiger partial charge on any atom is -1.00 e. The Hall–Kier alpha value is -0.240. The van der Waals surface area contributed by atoms with E-state index in [1.807, 2.05) is 0 Å². The summed E-state index contributed by atoms with van der Waals surface area (Å²) in [6, 6.07) is 12.4. The van der Waals surface area contributed by atoms with Crippen LogP contribution in [0.1, 0.15) is 19.3 Å². The molecule has 104 valence electrons. The second-order valence-corrected chi connectivity index (χ2v) is 4.29. The zero-order valence-electron chi connectivity index (χ0n) is 11.0. The molecule has 0 atom stereocenters. The highest BCUT2D eigenvalue weighted by Gasteiger charge is 2.00. The van der Waals surface area contributed by atoms with Gasteiger partial charge in [-0.25, -0.2) is 9.13 Å². The second kappa shape index (κ2) is 11.6. The standard InChI is InChI=1S/C15H20N2.2HI/c1-4-10-16(11-5-1)14-8-3-9-15-17-12-6-2-7-13-17;;/h1-2,4-7,10-13H,3,8-9,14-15H2;2*1H/q+2;;/p-2. The number of unbranched alkanes of at least 4 members (excludes halogenated alkanes) is 2. The summed E-state index contributed by atoms with van der Waals surface area (Å²) in [5.41, 5.74) is 0. The lowest BCUT2D eigenvalue weighted by atomic mass is 10.2. The highest BCUT2D eigenvalue weighted by Crippen LogP contribution is 1.95. The van der Waals surface area contributed by atoms with Gasteiger partial charge in [-0.2, -0.15) is 0 Å².